The number of rotatable bonds is 2. The number of fused-ring (bicyclic) bond motifs is 3. The Bertz CT molecular complexity index is 691. The summed E-state index contributed by atoms with van der Waals surface area (Å²) in [4.78, 5) is 4.78. The number of nitrogens with one attached hydrogen (secondary N) is 1. The molecule has 0 spiro atoms. The lowest BCUT2D eigenvalue weighted by atomic mass is 9.99. The van der Waals surface area contributed by atoms with E-state index in [9.17, 15) is 4.39 Å². The van der Waals surface area contributed by atoms with Crippen LogP contribution in [0.2, 0.25) is 0 Å². The summed E-state index contributed by atoms with van der Waals surface area (Å²) in [6, 6.07) is 6.96. The molecule has 2 aromatic rings. The number of imidazole rings is 1. The van der Waals surface area contributed by atoms with Gasteiger partial charge in [0.15, 0.2) is 0 Å². The van der Waals surface area contributed by atoms with E-state index in [4.69, 9.17) is 4.98 Å². The van der Waals surface area contributed by atoms with Crippen LogP contribution in [0.25, 0.3) is 11.0 Å². The third kappa shape index (κ3) is 1.92. The van der Waals surface area contributed by atoms with Gasteiger partial charge in [0.1, 0.15) is 11.6 Å². The van der Waals surface area contributed by atoms with Gasteiger partial charge in [0.2, 0.25) is 0 Å². The molecule has 3 aliphatic rings. The second kappa shape index (κ2) is 4.29. The fourth-order valence-corrected chi connectivity index (χ4v) is 4.34. The third-order valence-electron chi connectivity index (χ3n) is 5.43. The standard InChI is InChI=1S/C17H20FN3/c18-11-3-6-16-15(7-11)20-17(10-1-2-10)21(16)14-8-12-4-5-13(9-14)19-12/h3,6-7,10,12-14,19H,1-2,4-5,8-9H2. The Labute approximate surface area is 123 Å². The van der Waals surface area contributed by atoms with Crippen molar-refractivity contribution >= 4 is 11.0 Å². The molecular formula is C17H20FN3. The molecule has 110 valence electrons. The molecule has 0 amide bonds. The fourth-order valence-electron chi connectivity index (χ4n) is 4.34. The summed E-state index contributed by atoms with van der Waals surface area (Å²) in [5.74, 6) is 1.63. The highest BCUT2D eigenvalue weighted by Crippen LogP contribution is 2.44. The number of aromatic nitrogens is 2. The molecular weight excluding hydrogens is 265 g/mol. The molecule has 1 aliphatic carbocycles. The Morgan fingerprint density at radius 1 is 1.10 bits per heavy atom. The van der Waals surface area contributed by atoms with E-state index >= 15 is 0 Å². The predicted molar refractivity (Wildman–Crippen MR) is 79.9 cm³/mol. The van der Waals surface area contributed by atoms with Gasteiger partial charge < -0.3 is 9.88 Å². The smallest absolute Gasteiger partial charge is 0.125 e. The third-order valence-corrected chi connectivity index (χ3v) is 5.43. The first-order chi connectivity index (χ1) is 10.3. The number of piperidine rings is 1. The molecule has 3 fully saturated rings. The molecule has 5 rings (SSSR count). The quantitative estimate of drug-likeness (QED) is 0.915. The van der Waals surface area contributed by atoms with E-state index in [0.717, 1.165) is 11.0 Å². The van der Waals surface area contributed by atoms with Crippen molar-refractivity contribution < 1.29 is 4.39 Å². The average Bonchev–Trinajstić information content (AvgIpc) is 3.18. The minimum atomic E-state index is -0.181. The number of nitrogens with zero attached hydrogens (tertiary/aromatic N) is 2. The van der Waals surface area contributed by atoms with Crippen LogP contribution < -0.4 is 5.32 Å². The summed E-state index contributed by atoms with van der Waals surface area (Å²) >= 11 is 0. The number of benzene rings is 1. The van der Waals surface area contributed by atoms with Crippen LogP contribution in [0.1, 0.15) is 56.3 Å². The highest BCUT2D eigenvalue weighted by Gasteiger charge is 2.38. The Hall–Kier alpha value is -1.42. The van der Waals surface area contributed by atoms with Gasteiger partial charge in [0.25, 0.3) is 0 Å². The highest BCUT2D eigenvalue weighted by molar-refractivity contribution is 5.76. The summed E-state index contributed by atoms with van der Waals surface area (Å²) in [7, 11) is 0. The lowest BCUT2D eigenvalue weighted by molar-refractivity contribution is 0.298. The second-order valence-electron chi connectivity index (χ2n) is 7.01. The monoisotopic (exact) mass is 285 g/mol. The van der Waals surface area contributed by atoms with E-state index in [-0.39, 0.29) is 5.82 Å². The van der Waals surface area contributed by atoms with Crippen molar-refractivity contribution in [3.05, 3.63) is 29.8 Å². The van der Waals surface area contributed by atoms with Crippen LogP contribution in [0.3, 0.4) is 0 Å². The van der Waals surface area contributed by atoms with Crippen molar-refractivity contribution in [3.8, 4) is 0 Å². The van der Waals surface area contributed by atoms with Crippen LogP contribution in [-0.4, -0.2) is 21.6 Å². The maximum Gasteiger partial charge on any atom is 0.125 e. The topological polar surface area (TPSA) is 29.9 Å². The molecule has 4 heteroatoms. The van der Waals surface area contributed by atoms with Gasteiger partial charge in [-0.05, 0) is 50.7 Å². The summed E-state index contributed by atoms with van der Waals surface area (Å²) in [6.45, 7) is 0. The van der Waals surface area contributed by atoms with Crippen molar-refractivity contribution in [2.75, 3.05) is 0 Å². The van der Waals surface area contributed by atoms with E-state index in [1.54, 1.807) is 12.1 Å². The van der Waals surface area contributed by atoms with Crippen LogP contribution in [0.15, 0.2) is 18.2 Å². The normalized spacial score (nSPS) is 32.0. The molecule has 2 unspecified atom stereocenters. The zero-order valence-electron chi connectivity index (χ0n) is 12.1. The van der Waals surface area contributed by atoms with Crippen molar-refractivity contribution in [2.45, 2.75) is 62.6 Å². The molecule has 21 heavy (non-hydrogen) atoms. The molecule has 2 aliphatic heterocycles. The van der Waals surface area contributed by atoms with Crippen LogP contribution in [0.5, 0.6) is 0 Å². The average molecular weight is 285 g/mol. The largest absolute Gasteiger partial charge is 0.325 e. The van der Waals surface area contributed by atoms with Gasteiger partial charge in [0, 0.05) is 30.1 Å². The maximum absolute atomic E-state index is 13.5. The van der Waals surface area contributed by atoms with Gasteiger partial charge in [-0.25, -0.2) is 9.37 Å². The SMILES string of the molecule is Fc1ccc2c(c1)nc(C1CC1)n2C1CC2CCC(C1)N2. The first kappa shape index (κ1) is 12.2. The first-order valence-electron chi connectivity index (χ1n) is 8.21. The minimum absolute atomic E-state index is 0.181. The van der Waals surface area contributed by atoms with Gasteiger partial charge in [-0.1, -0.05) is 0 Å². The predicted octanol–water partition coefficient (Wildman–Crippen LogP) is 3.51. The van der Waals surface area contributed by atoms with Crippen molar-refractivity contribution in [3.63, 3.8) is 0 Å². The van der Waals surface area contributed by atoms with Crippen LogP contribution in [0.4, 0.5) is 4.39 Å². The van der Waals surface area contributed by atoms with E-state index in [1.165, 1.54) is 44.3 Å². The summed E-state index contributed by atoms with van der Waals surface area (Å²) in [5, 5.41) is 3.71. The molecule has 0 radical (unpaired) electrons. The van der Waals surface area contributed by atoms with Crippen molar-refractivity contribution in [1.29, 1.82) is 0 Å². The molecule has 1 saturated carbocycles. The summed E-state index contributed by atoms with van der Waals surface area (Å²) in [6.07, 6.45) is 7.48. The molecule has 3 nitrogen and oxygen atoms in total. The molecule has 2 bridgehead atoms. The van der Waals surface area contributed by atoms with Gasteiger partial charge in [-0.15, -0.1) is 0 Å². The Kier molecular flexibility index (Phi) is 2.48. The lowest BCUT2D eigenvalue weighted by Gasteiger charge is -2.31. The Morgan fingerprint density at radius 2 is 1.86 bits per heavy atom. The number of halogens is 1. The van der Waals surface area contributed by atoms with Crippen LogP contribution in [0, 0.1) is 5.82 Å². The van der Waals surface area contributed by atoms with Gasteiger partial charge in [-0.3, -0.25) is 0 Å². The van der Waals surface area contributed by atoms with Gasteiger partial charge >= 0.3 is 0 Å². The Morgan fingerprint density at radius 3 is 2.57 bits per heavy atom. The highest BCUT2D eigenvalue weighted by atomic mass is 19.1. The maximum atomic E-state index is 13.5. The number of hydrogen-bond acceptors (Lipinski definition) is 2. The zero-order valence-corrected chi connectivity index (χ0v) is 12.1. The van der Waals surface area contributed by atoms with Crippen LogP contribution >= 0.6 is 0 Å². The molecule has 2 saturated heterocycles. The van der Waals surface area contributed by atoms with E-state index < -0.39 is 0 Å². The first-order valence-corrected chi connectivity index (χ1v) is 8.21. The molecule has 1 aromatic heterocycles. The second-order valence-corrected chi connectivity index (χ2v) is 7.01. The molecule has 3 heterocycles. The molecule has 2 atom stereocenters. The van der Waals surface area contributed by atoms with Gasteiger partial charge in [0.05, 0.1) is 11.0 Å². The van der Waals surface area contributed by atoms with Crippen LogP contribution in [-0.2, 0) is 0 Å². The Balaban J connectivity index is 1.64. The molecule has 1 aromatic carbocycles. The van der Waals surface area contributed by atoms with Gasteiger partial charge in [-0.2, -0.15) is 0 Å². The van der Waals surface area contributed by atoms with Crippen molar-refractivity contribution in [1.82, 2.24) is 14.9 Å². The zero-order chi connectivity index (χ0) is 14.0. The van der Waals surface area contributed by atoms with E-state index in [1.807, 2.05) is 6.07 Å². The summed E-state index contributed by atoms with van der Waals surface area (Å²) in [5.41, 5.74) is 1.97. The molecule has 1 N–H and O–H groups in total. The van der Waals surface area contributed by atoms with E-state index in [2.05, 4.69) is 9.88 Å². The minimum Gasteiger partial charge on any atom is -0.325 e. The summed E-state index contributed by atoms with van der Waals surface area (Å²) < 4.78 is 16.0. The fraction of sp³-hybridized carbons (Fsp3) is 0.588. The van der Waals surface area contributed by atoms with Crippen molar-refractivity contribution in [2.24, 2.45) is 0 Å². The lowest BCUT2D eigenvalue weighted by Crippen LogP contribution is -2.39. The van der Waals surface area contributed by atoms with E-state index in [0.29, 0.717) is 24.0 Å². The number of hydrogen-bond donors (Lipinski definition) is 1.